The Hall–Kier alpha value is -1.79. The number of nitrogens with one attached hydrogen (secondary N) is 1. The molecule has 1 aromatic heterocycles. The molecule has 1 aliphatic rings. The summed E-state index contributed by atoms with van der Waals surface area (Å²) in [4.78, 5) is 18.2. The highest BCUT2D eigenvalue weighted by molar-refractivity contribution is 5.95. The number of anilines is 1. The van der Waals surface area contributed by atoms with Gasteiger partial charge in [-0.15, -0.1) is 0 Å². The highest BCUT2D eigenvalue weighted by Gasteiger charge is 2.33. The lowest BCUT2D eigenvalue weighted by Crippen LogP contribution is -2.41. The second-order valence-corrected chi connectivity index (χ2v) is 5.76. The average molecular weight is 329 g/mol. The van der Waals surface area contributed by atoms with Gasteiger partial charge in [-0.05, 0) is 31.9 Å². The summed E-state index contributed by atoms with van der Waals surface area (Å²) >= 11 is 0. The van der Waals surface area contributed by atoms with Crippen LogP contribution in [0.4, 0.5) is 19.0 Å². The van der Waals surface area contributed by atoms with E-state index < -0.39 is 12.6 Å². The van der Waals surface area contributed by atoms with Crippen LogP contribution in [0, 0.1) is 0 Å². The van der Waals surface area contributed by atoms with E-state index in [1.165, 1.54) is 11.1 Å². The summed E-state index contributed by atoms with van der Waals surface area (Å²) in [6.45, 7) is 2.28. The van der Waals surface area contributed by atoms with E-state index in [4.69, 9.17) is 0 Å². The minimum Gasteiger partial charge on any atom is -0.370 e. The zero-order valence-corrected chi connectivity index (χ0v) is 13.2. The Balaban J connectivity index is 2.16. The number of carbonyl (C=O) groups excluding carboxylic acids is 1. The Morgan fingerprint density at radius 1 is 1.39 bits per heavy atom. The summed E-state index contributed by atoms with van der Waals surface area (Å²) in [7, 11) is 0. The zero-order valence-electron chi connectivity index (χ0n) is 13.2. The summed E-state index contributed by atoms with van der Waals surface area (Å²) in [5.74, 6) is 0.211. The standard InChI is InChI=1S/C16H22F3N3O/c1-2-20-14-11-12(7-9-21-14)15(23)22(10-8-16(17,18)19)13-5-3-4-6-13/h7,9,11,13H,2-6,8,10H2,1H3,(H,20,21). The van der Waals surface area contributed by atoms with Gasteiger partial charge in [-0.25, -0.2) is 4.98 Å². The molecular formula is C16H22F3N3O. The molecule has 0 saturated heterocycles. The monoisotopic (exact) mass is 329 g/mol. The van der Waals surface area contributed by atoms with Gasteiger partial charge in [0.15, 0.2) is 0 Å². The van der Waals surface area contributed by atoms with Gasteiger partial charge in [0.05, 0.1) is 6.42 Å². The number of amides is 1. The maximum Gasteiger partial charge on any atom is 0.390 e. The van der Waals surface area contributed by atoms with Crippen LogP contribution in [0.15, 0.2) is 18.3 Å². The van der Waals surface area contributed by atoms with Crippen LogP contribution >= 0.6 is 0 Å². The highest BCUT2D eigenvalue weighted by Crippen LogP contribution is 2.28. The smallest absolute Gasteiger partial charge is 0.370 e. The Labute approximate surface area is 134 Å². The largest absolute Gasteiger partial charge is 0.390 e. The van der Waals surface area contributed by atoms with Crippen molar-refractivity contribution >= 4 is 11.7 Å². The quantitative estimate of drug-likeness (QED) is 0.862. The SMILES string of the molecule is CCNc1cc(C(=O)N(CCC(F)(F)F)C2CCCC2)ccn1. The molecule has 1 heterocycles. The molecule has 1 amide bonds. The summed E-state index contributed by atoms with van der Waals surface area (Å²) in [5, 5.41) is 3.01. The van der Waals surface area contributed by atoms with Crippen molar-refractivity contribution in [1.82, 2.24) is 9.88 Å². The van der Waals surface area contributed by atoms with Crippen molar-refractivity contribution < 1.29 is 18.0 Å². The molecule has 1 fully saturated rings. The Kier molecular flexibility index (Phi) is 5.85. The van der Waals surface area contributed by atoms with Gasteiger partial charge < -0.3 is 10.2 Å². The molecule has 1 saturated carbocycles. The first kappa shape index (κ1) is 17.6. The van der Waals surface area contributed by atoms with Gasteiger partial charge in [-0.3, -0.25) is 4.79 Å². The molecule has 7 heteroatoms. The lowest BCUT2D eigenvalue weighted by molar-refractivity contribution is -0.137. The Morgan fingerprint density at radius 2 is 2.09 bits per heavy atom. The van der Waals surface area contributed by atoms with Crippen LogP contribution in [0.25, 0.3) is 0 Å². The van der Waals surface area contributed by atoms with Gasteiger partial charge in [-0.1, -0.05) is 12.8 Å². The van der Waals surface area contributed by atoms with Gasteiger partial charge >= 0.3 is 6.18 Å². The molecule has 0 aromatic carbocycles. The molecule has 0 atom stereocenters. The van der Waals surface area contributed by atoms with Crippen LogP contribution in [0.3, 0.4) is 0 Å². The average Bonchev–Trinajstić information content (AvgIpc) is 3.01. The van der Waals surface area contributed by atoms with E-state index in [9.17, 15) is 18.0 Å². The van der Waals surface area contributed by atoms with E-state index in [0.717, 1.165) is 25.7 Å². The molecule has 0 radical (unpaired) electrons. The third-order valence-corrected chi connectivity index (χ3v) is 4.03. The second kappa shape index (κ2) is 7.66. The van der Waals surface area contributed by atoms with Crippen molar-refractivity contribution in [2.45, 2.75) is 51.2 Å². The molecule has 128 valence electrons. The molecule has 0 bridgehead atoms. The minimum atomic E-state index is -4.26. The molecule has 1 N–H and O–H groups in total. The van der Waals surface area contributed by atoms with Crippen molar-refractivity contribution in [3.05, 3.63) is 23.9 Å². The predicted octanol–water partition coefficient (Wildman–Crippen LogP) is 3.85. The van der Waals surface area contributed by atoms with Crippen LogP contribution in [0.1, 0.15) is 49.4 Å². The van der Waals surface area contributed by atoms with Gasteiger partial charge in [-0.2, -0.15) is 13.2 Å². The van der Waals surface area contributed by atoms with E-state index in [2.05, 4.69) is 10.3 Å². The normalized spacial score (nSPS) is 15.7. The number of nitrogens with zero attached hydrogens (tertiary/aromatic N) is 2. The fraction of sp³-hybridized carbons (Fsp3) is 0.625. The molecule has 4 nitrogen and oxygen atoms in total. The van der Waals surface area contributed by atoms with Gasteiger partial charge in [0.25, 0.3) is 5.91 Å². The van der Waals surface area contributed by atoms with Crippen molar-refractivity contribution in [3.8, 4) is 0 Å². The first-order chi connectivity index (χ1) is 10.9. The molecule has 23 heavy (non-hydrogen) atoms. The fourth-order valence-electron chi connectivity index (χ4n) is 2.92. The number of pyridine rings is 1. The highest BCUT2D eigenvalue weighted by atomic mass is 19.4. The number of hydrogen-bond acceptors (Lipinski definition) is 3. The summed E-state index contributed by atoms with van der Waals surface area (Å²) in [6.07, 6.45) is -0.269. The van der Waals surface area contributed by atoms with E-state index in [1.54, 1.807) is 12.1 Å². The topological polar surface area (TPSA) is 45.2 Å². The van der Waals surface area contributed by atoms with Crippen LogP contribution in [-0.4, -0.2) is 41.1 Å². The molecule has 1 aliphatic carbocycles. The Bertz CT molecular complexity index is 528. The number of halogens is 3. The first-order valence-corrected chi connectivity index (χ1v) is 7.98. The second-order valence-electron chi connectivity index (χ2n) is 5.76. The third-order valence-electron chi connectivity index (χ3n) is 4.03. The molecule has 0 spiro atoms. The molecular weight excluding hydrogens is 307 g/mol. The molecule has 0 aliphatic heterocycles. The molecule has 1 aromatic rings. The zero-order chi connectivity index (χ0) is 16.9. The van der Waals surface area contributed by atoms with Crippen molar-refractivity contribution in [2.24, 2.45) is 0 Å². The van der Waals surface area contributed by atoms with E-state index in [0.29, 0.717) is 17.9 Å². The Morgan fingerprint density at radius 3 is 2.70 bits per heavy atom. The summed E-state index contributed by atoms with van der Waals surface area (Å²) in [6, 6.07) is 3.06. The third kappa shape index (κ3) is 5.11. The van der Waals surface area contributed by atoms with Crippen molar-refractivity contribution in [3.63, 3.8) is 0 Å². The van der Waals surface area contributed by atoms with Gasteiger partial charge in [0.1, 0.15) is 5.82 Å². The fourth-order valence-corrected chi connectivity index (χ4v) is 2.92. The van der Waals surface area contributed by atoms with Crippen LogP contribution in [0.5, 0.6) is 0 Å². The number of aromatic nitrogens is 1. The maximum absolute atomic E-state index is 12.7. The lowest BCUT2D eigenvalue weighted by Gasteiger charge is -2.29. The summed E-state index contributed by atoms with van der Waals surface area (Å²) in [5.41, 5.74) is 0.380. The van der Waals surface area contributed by atoms with Crippen molar-refractivity contribution in [2.75, 3.05) is 18.4 Å². The van der Waals surface area contributed by atoms with E-state index >= 15 is 0 Å². The lowest BCUT2D eigenvalue weighted by atomic mass is 10.1. The summed E-state index contributed by atoms with van der Waals surface area (Å²) < 4.78 is 37.7. The minimum absolute atomic E-state index is 0.0967. The number of carbonyl (C=O) groups is 1. The maximum atomic E-state index is 12.7. The van der Waals surface area contributed by atoms with Gasteiger partial charge in [0, 0.05) is 30.9 Å². The predicted molar refractivity (Wildman–Crippen MR) is 82.4 cm³/mol. The van der Waals surface area contributed by atoms with Gasteiger partial charge in [0.2, 0.25) is 0 Å². The van der Waals surface area contributed by atoms with Crippen LogP contribution in [0.2, 0.25) is 0 Å². The first-order valence-electron chi connectivity index (χ1n) is 7.98. The van der Waals surface area contributed by atoms with E-state index in [1.807, 2.05) is 6.92 Å². The van der Waals surface area contributed by atoms with E-state index in [-0.39, 0.29) is 18.5 Å². The molecule has 0 unspecified atom stereocenters. The van der Waals surface area contributed by atoms with Crippen molar-refractivity contribution in [1.29, 1.82) is 0 Å². The van der Waals surface area contributed by atoms with Crippen LogP contribution < -0.4 is 5.32 Å². The number of hydrogen-bond donors (Lipinski definition) is 1. The van der Waals surface area contributed by atoms with Crippen LogP contribution in [-0.2, 0) is 0 Å². The number of alkyl halides is 3. The number of rotatable bonds is 6. The molecule has 2 rings (SSSR count).